The molecule has 0 bridgehead atoms. The molecule has 1 heterocycles. The quantitative estimate of drug-likeness (QED) is 0.750. The van der Waals surface area contributed by atoms with Crippen molar-refractivity contribution in [2.24, 2.45) is 0 Å². The first-order chi connectivity index (χ1) is 8.37. The summed E-state index contributed by atoms with van der Waals surface area (Å²) in [6.07, 6.45) is 0. The Morgan fingerprint density at radius 3 is 1.68 bits per heavy atom. The Hall–Kier alpha value is -0.199. The molecule has 1 nitrogen and oxygen atoms in total. The highest BCUT2D eigenvalue weighted by Gasteiger charge is 2.49. The number of nitrogens with zero attached hydrogens (tertiary/aromatic N) is 1. The third-order valence-electron chi connectivity index (χ3n) is 4.00. The molecule has 108 valence electrons. The van der Waals surface area contributed by atoms with Crippen molar-refractivity contribution in [2.75, 3.05) is 0 Å². The Kier molecular flexibility index (Phi) is 4.70. The maximum atomic E-state index is 4.90. The van der Waals surface area contributed by atoms with Crippen LogP contribution < -0.4 is 5.32 Å². The van der Waals surface area contributed by atoms with Crippen LogP contribution in [-0.4, -0.2) is 29.2 Å². The van der Waals surface area contributed by atoms with Gasteiger partial charge in [0.05, 0.1) is 0 Å². The number of hydrogen-bond donors (Lipinski definition) is 0. The second-order valence-corrected chi connectivity index (χ2v) is 25.4. The molecule has 4 heteroatoms. The highest BCUT2D eigenvalue weighted by molar-refractivity contribution is 7.16. The number of pyridine rings is 1. The van der Waals surface area contributed by atoms with E-state index in [1.54, 1.807) is 0 Å². The summed E-state index contributed by atoms with van der Waals surface area (Å²) >= 11 is 0. The number of aromatic nitrogens is 1. The van der Waals surface area contributed by atoms with Crippen LogP contribution in [0, 0.1) is 6.92 Å². The molecule has 1 aromatic heterocycles. The molecule has 1 aromatic rings. The molecule has 0 amide bonds. The van der Waals surface area contributed by atoms with Crippen LogP contribution in [0.4, 0.5) is 0 Å². The van der Waals surface area contributed by atoms with Crippen molar-refractivity contribution in [3.63, 3.8) is 0 Å². The van der Waals surface area contributed by atoms with E-state index in [2.05, 4.69) is 77.5 Å². The molecule has 0 aliphatic heterocycles. The lowest BCUT2D eigenvalue weighted by atomic mass is 10.4. The van der Waals surface area contributed by atoms with Crippen LogP contribution in [0.5, 0.6) is 0 Å². The van der Waals surface area contributed by atoms with Gasteiger partial charge in [0, 0.05) is 27.2 Å². The van der Waals surface area contributed by atoms with E-state index < -0.39 is 24.2 Å². The lowest BCUT2D eigenvalue weighted by Crippen LogP contribution is -2.62. The lowest BCUT2D eigenvalue weighted by molar-refractivity contribution is 1.21. The van der Waals surface area contributed by atoms with Crippen molar-refractivity contribution >= 4 is 29.5 Å². The first-order valence-electron chi connectivity index (χ1n) is 7.31. The van der Waals surface area contributed by atoms with Crippen LogP contribution in [0.2, 0.25) is 57.2 Å². The highest BCUT2D eigenvalue weighted by Crippen LogP contribution is 2.39. The average Bonchev–Trinajstić information content (AvgIpc) is 2.11. The van der Waals surface area contributed by atoms with Crippen LogP contribution >= 0.6 is 0 Å². The Morgan fingerprint density at radius 2 is 1.32 bits per heavy atom. The van der Waals surface area contributed by atoms with E-state index in [0.29, 0.717) is 0 Å². The second-order valence-electron chi connectivity index (χ2n) is 8.55. The molecule has 1 rings (SSSR count). The van der Waals surface area contributed by atoms with Crippen molar-refractivity contribution in [3.05, 3.63) is 23.9 Å². The number of rotatable bonds is 4. The summed E-state index contributed by atoms with van der Waals surface area (Å²) in [5.74, 6) is 0. The van der Waals surface area contributed by atoms with E-state index in [0.717, 1.165) is 4.79 Å². The largest absolute Gasteiger partial charge is 0.263 e. The predicted molar refractivity (Wildman–Crippen MR) is 96.5 cm³/mol. The van der Waals surface area contributed by atoms with Crippen molar-refractivity contribution < 1.29 is 0 Å². The van der Waals surface area contributed by atoms with Crippen LogP contribution in [0.25, 0.3) is 0 Å². The summed E-state index contributed by atoms with van der Waals surface area (Å²) in [6, 6.07) is 6.59. The molecule has 0 aliphatic carbocycles. The topological polar surface area (TPSA) is 12.9 Å². The SMILES string of the molecule is Cc1cccc([Si](C)(C)C([Si](C)(C)C)[Si](C)(C)C)n1. The number of hydrogen-bond acceptors (Lipinski definition) is 1. The molecular weight excluding hydrogens is 278 g/mol. The van der Waals surface area contributed by atoms with Crippen molar-refractivity contribution in [2.45, 2.75) is 64.1 Å². The van der Waals surface area contributed by atoms with E-state index in [-0.39, 0.29) is 0 Å². The summed E-state index contributed by atoms with van der Waals surface area (Å²) in [5, 5.41) is 1.42. The summed E-state index contributed by atoms with van der Waals surface area (Å²) in [7, 11) is -3.85. The molecule has 0 radical (unpaired) electrons. The Balaban J connectivity index is 3.36. The standard InChI is InChI=1S/C15H31NSi3/c1-13-11-10-12-14(16-13)19(8,9)15(17(2,3)4)18(5,6)7/h10-12,15H,1-9H3. The van der Waals surface area contributed by atoms with E-state index in [1.165, 1.54) is 11.0 Å². The van der Waals surface area contributed by atoms with Gasteiger partial charge in [-0.25, -0.2) is 0 Å². The van der Waals surface area contributed by atoms with Gasteiger partial charge < -0.3 is 0 Å². The summed E-state index contributed by atoms with van der Waals surface area (Å²) in [5.41, 5.74) is 1.17. The monoisotopic (exact) mass is 309 g/mol. The summed E-state index contributed by atoms with van der Waals surface area (Å²) in [6.45, 7) is 22.6. The molecule has 0 saturated heterocycles. The number of aryl methyl sites for hydroxylation is 1. The fraction of sp³-hybridized carbons (Fsp3) is 0.667. The molecule has 0 spiro atoms. The van der Waals surface area contributed by atoms with E-state index in [9.17, 15) is 0 Å². The predicted octanol–water partition coefficient (Wildman–Crippen LogP) is 4.43. The fourth-order valence-corrected chi connectivity index (χ4v) is 34.4. The average molecular weight is 310 g/mol. The second kappa shape index (κ2) is 5.30. The van der Waals surface area contributed by atoms with E-state index in [1.807, 2.05) is 0 Å². The fourth-order valence-electron chi connectivity index (χ4n) is 4.51. The van der Waals surface area contributed by atoms with Gasteiger partial charge in [0.25, 0.3) is 0 Å². The summed E-state index contributed by atoms with van der Waals surface area (Å²) < 4.78 is 0. The Morgan fingerprint density at radius 1 is 0.842 bits per heavy atom. The normalized spacial score (nSPS) is 14.0. The van der Waals surface area contributed by atoms with Crippen molar-refractivity contribution in [1.29, 1.82) is 0 Å². The van der Waals surface area contributed by atoms with Crippen LogP contribution in [0.1, 0.15) is 5.69 Å². The van der Waals surface area contributed by atoms with Gasteiger partial charge in [0.2, 0.25) is 0 Å². The minimum atomic E-state index is -1.50. The highest BCUT2D eigenvalue weighted by atomic mass is 28.5. The van der Waals surface area contributed by atoms with Crippen molar-refractivity contribution in [3.8, 4) is 0 Å². The van der Waals surface area contributed by atoms with Gasteiger partial charge >= 0.3 is 0 Å². The Bertz CT molecular complexity index is 427. The van der Waals surface area contributed by atoms with Gasteiger partial charge in [0.1, 0.15) is 8.07 Å². The zero-order chi connectivity index (χ0) is 15.1. The zero-order valence-corrected chi connectivity index (χ0v) is 17.3. The zero-order valence-electron chi connectivity index (χ0n) is 14.3. The minimum Gasteiger partial charge on any atom is -0.263 e. The molecule has 0 aromatic carbocycles. The smallest absolute Gasteiger partial charge is 0.102 e. The van der Waals surface area contributed by atoms with Crippen molar-refractivity contribution in [1.82, 2.24) is 4.98 Å². The molecule has 0 unspecified atom stereocenters. The minimum absolute atomic E-state index is 0.960. The molecule has 0 saturated carbocycles. The maximum Gasteiger partial charge on any atom is 0.102 e. The molecule has 0 fully saturated rings. The van der Waals surface area contributed by atoms with E-state index >= 15 is 0 Å². The third kappa shape index (κ3) is 3.89. The van der Waals surface area contributed by atoms with Crippen LogP contribution in [0.3, 0.4) is 0 Å². The molecule has 19 heavy (non-hydrogen) atoms. The van der Waals surface area contributed by atoms with E-state index in [4.69, 9.17) is 4.98 Å². The van der Waals surface area contributed by atoms with Crippen LogP contribution in [0.15, 0.2) is 18.2 Å². The maximum absolute atomic E-state index is 4.90. The molecule has 0 N–H and O–H groups in total. The van der Waals surface area contributed by atoms with Gasteiger partial charge in [0.15, 0.2) is 0 Å². The van der Waals surface area contributed by atoms with Gasteiger partial charge in [-0.2, -0.15) is 0 Å². The first kappa shape index (κ1) is 16.9. The molecule has 0 atom stereocenters. The summed E-state index contributed by atoms with van der Waals surface area (Å²) in [4.78, 5) is 5.86. The van der Waals surface area contributed by atoms with Gasteiger partial charge in [-0.1, -0.05) is 58.4 Å². The van der Waals surface area contributed by atoms with Crippen LogP contribution in [-0.2, 0) is 0 Å². The van der Waals surface area contributed by atoms with Gasteiger partial charge in [-0.15, -0.1) is 0 Å². The molecular formula is C15H31NSi3. The third-order valence-corrected chi connectivity index (χ3v) is 25.2. The molecule has 0 aliphatic rings. The Labute approximate surface area is 122 Å². The first-order valence-corrected chi connectivity index (χ1v) is 17.5. The van der Waals surface area contributed by atoms with Gasteiger partial charge in [-0.3, -0.25) is 4.98 Å². The lowest BCUT2D eigenvalue weighted by Gasteiger charge is -2.47. The van der Waals surface area contributed by atoms with Gasteiger partial charge in [-0.05, 0) is 23.8 Å².